The predicted molar refractivity (Wildman–Crippen MR) is 116 cm³/mol. The van der Waals surface area contributed by atoms with Gasteiger partial charge >= 0.3 is 5.63 Å². The lowest BCUT2D eigenvalue weighted by molar-refractivity contribution is -0.123. The predicted octanol–water partition coefficient (Wildman–Crippen LogP) is 2.37. The van der Waals surface area contributed by atoms with E-state index < -0.39 is 0 Å². The maximum atomic E-state index is 12.3. The fourth-order valence-electron chi connectivity index (χ4n) is 4.49. The van der Waals surface area contributed by atoms with Crippen molar-refractivity contribution < 1.29 is 13.9 Å². The van der Waals surface area contributed by atoms with Gasteiger partial charge in [0.25, 0.3) is 0 Å². The lowest BCUT2D eigenvalue weighted by Crippen LogP contribution is -2.50. The number of ether oxygens (including phenoxy) is 1. The van der Waals surface area contributed by atoms with Gasteiger partial charge in [0.2, 0.25) is 5.91 Å². The smallest absolute Gasteiger partial charge is 0.336 e. The molecule has 1 saturated heterocycles. The number of rotatable bonds is 7. The largest absolute Gasteiger partial charge is 0.494 e. The maximum Gasteiger partial charge on any atom is 0.336 e. The first-order valence-electron chi connectivity index (χ1n) is 11.0. The van der Waals surface area contributed by atoms with Crippen molar-refractivity contribution in [3.05, 3.63) is 40.2 Å². The molecule has 1 saturated carbocycles. The van der Waals surface area contributed by atoms with Crippen molar-refractivity contribution in [3.63, 3.8) is 0 Å². The molecule has 1 aromatic heterocycles. The summed E-state index contributed by atoms with van der Waals surface area (Å²) in [6.07, 6.45) is 4.68. The molecular formula is C23H31N3O4. The van der Waals surface area contributed by atoms with Gasteiger partial charge in [0, 0.05) is 50.2 Å². The molecule has 7 heteroatoms. The summed E-state index contributed by atoms with van der Waals surface area (Å²) in [4.78, 5) is 28.8. The third kappa shape index (κ3) is 5.21. The molecule has 1 amide bonds. The van der Waals surface area contributed by atoms with E-state index in [9.17, 15) is 9.59 Å². The first-order valence-corrected chi connectivity index (χ1v) is 11.0. The van der Waals surface area contributed by atoms with Crippen LogP contribution in [0.25, 0.3) is 11.0 Å². The molecule has 0 spiro atoms. The number of benzene rings is 1. The molecule has 2 heterocycles. The van der Waals surface area contributed by atoms with E-state index in [1.54, 1.807) is 12.1 Å². The second-order valence-corrected chi connectivity index (χ2v) is 8.28. The zero-order valence-corrected chi connectivity index (χ0v) is 17.7. The second-order valence-electron chi connectivity index (χ2n) is 8.28. The fourth-order valence-corrected chi connectivity index (χ4v) is 4.49. The van der Waals surface area contributed by atoms with Crippen LogP contribution in [0.4, 0.5) is 0 Å². The van der Waals surface area contributed by atoms with E-state index in [-0.39, 0.29) is 11.5 Å². The van der Waals surface area contributed by atoms with Crippen LogP contribution < -0.4 is 15.7 Å². The van der Waals surface area contributed by atoms with Crippen molar-refractivity contribution in [2.24, 2.45) is 0 Å². The Morgan fingerprint density at radius 1 is 1.13 bits per heavy atom. The average Bonchev–Trinajstić information content (AvgIpc) is 3.23. The summed E-state index contributed by atoms with van der Waals surface area (Å²) in [5, 5.41) is 4.08. The van der Waals surface area contributed by atoms with Gasteiger partial charge in [-0.15, -0.1) is 0 Å². The van der Waals surface area contributed by atoms with Gasteiger partial charge in [-0.3, -0.25) is 14.6 Å². The number of nitrogens with zero attached hydrogens (tertiary/aromatic N) is 2. The normalized spacial score (nSPS) is 18.7. The summed E-state index contributed by atoms with van der Waals surface area (Å²) < 4.78 is 11.0. The molecule has 1 aliphatic heterocycles. The molecule has 1 N–H and O–H groups in total. The number of piperazine rings is 1. The summed E-state index contributed by atoms with van der Waals surface area (Å²) >= 11 is 0. The summed E-state index contributed by atoms with van der Waals surface area (Å²) in [6, 6.07) is 7.53. The fraction of sp³-hybridized carbons (Fsp3) is 0.565. The molecule has 1 aliphatic carbocycles. The zero-order chi connectivity index (χ0) is 20.9. The molecule has 162 valence electrons. The molecule has 2 fully saturated rings. The van der Waals surface area contributed by atoms with Gasteiger partial charge in [-0.2, -0.15) is 0 Å². The van der Waals surface area contributed by atoms with E-state index in [2.05, 4.69) is 15.1 Å². The highest BCUT2D eigenvalue weighted by atomic mass is 16.5. The number of fused-ring (bicyclic) bond motifs is 1. The van der Waals surface area contributed by atoms with Gasteiger partial charge in [-0.05, 0) is 43.5 Å². The lowest BCUT2D eigenvalue weighted by Gasteiger charge is -2.34. The van der Waals surface area contributed by atoms with E-state index in [1.165, 1.54) is 12.8 Å². The van der Waals surface area contributed by atoms with Crippen LogP contribution in [-0.4, -0.2) is 61.1 Å². The van der Waals surface area contributed by atoms with Crippen LogP contribution in [0.1, 0.15) is 38.2 Å². The van der Waals surface area contributed by atoms with Gasteiger partial charge in [0.15, 0.2) is 0 Å². The molecule has 0 bridgehead atoms. The molecule has 7 nitrogen and oxygen atoms in total. The van der Waals surface area contributed by atoms with E-state index in [1.807, 2.05) is 19.1 Å². The number of hydrogen-bond acceptors (Lipinski definition) is 6. The Morgan fingerprint density at radius 2 is 1.87 bits per heavy atom. The first-order chi connectivity index (χ1) is 14.6. The average molecular weight is 414 g/mol. The molecule has 4 rings (SSSR count). The van der Waals surface area contributed by atoms with Crippen LogP contribution in [0.15, 0.2) is 33.5 Å². The first kappa shape index (κ1) is 20.9. The molecule has 1 aromatic carbocycles. The monoisotopic (exact) mass is 413 g/mol. The molecule has 0 atom stereocenters. The Labute approximate surface area is 177 Å². The van der Waals surface area contributed by atoms with Crippen molar-refractivity contribution in [2.75, 3.05) is 39.3 Å². The van der Waals surface area contributed by atoms with Crippen LogP contribution in [0.3, 0.4) is 0 Å². The number of carbonyl (C=O) groups is 1. The van der Waals surface area contributed by atoms with E-state index >= 15 is 0 Å². The lowest BCUT2D eigenvalue weighted by atomic mass is 10.1. The minimum Gasteiger partial charge on any atom is -0.494 e. The van der Waals surface area contributed by atoms with E-state index in [0.717, 1.165) is 55.7 Å². The Bertz CT molecular complexity index is 928. The number of carbonyl (C=O) groups excluding carboxylic acids is 1. The standard InChI is InChI=1S/C23H31N3O4/c1-2-29-19-7-8-21-20(14-19)17(13-23(28)30-21)15-25-9-11-26(12-10-25)16-22(27)24-18-5-3-4-6-18/h7-8,13-14,18H,2-6,9-12,15-16H2,1H3,(H,24,27). The zero-order valence-electron chi connectivity index (χ0n) is 17.7. The minimum atomic E-state index is -0.330. The number of nitrogens with one attached hydrogen (secondary N) is 1. The van der Waals surface area contributed by atoms with Gasteiger partial charge in [0.05, 0.1) is 13.2 Å². The topological polar surface area (TPSA) is 75.0 Å². The highest BCUT2D eigenvalue weighted by Gasteiger charge is 2.22. The third-order valence-electron chi connectivity index (χ3n) is 6.06. The molecular weight excluding hydrogens is 382 g/mol. The molecule has 0 unspecified atom stereocenters. The Hall–Kier alpha value is -2.38. The van der Waals surface area contributed by atoms with Gasteiger partial charge in [0.1, 0.15) is 11.3 Å². The van der Waals surface area contributed by atoms with E-state index in [0.29, 0.717) is 31.3 Å². The van der Waals surface area contributed by atoms with Crippen molar-refractivity contribution >= 4 is 16.9 Å². The van der Waals surface area contributed by atoms with Crippen molar-refractivity contribution in [1.29, 1.82) is 0 Å². The number of amides is 1. The molecule has 2 aliphatic rings. The Balaban J connectivity index is 1.35. The van der Waals surface area contributed by atoms with Crippen LogP contribution in [-0.2, 0) is 11.3 Å². The molecule has 2 aromatic rings. The second kappa shape index (κ2) is 9.62. The van der Waals surface area contributed by atoms with Crippen LogP contribution >= 0.6 is 0 Å². The van der Waals surface area contributed by atoms with Crippen LogP contribution in [0.5, 0.6) is 5.75 Å². The third-order valence-corrected chi connectivity index (χ3v) is 6.06. The summed E-state index contributed by atoms with van der Waals surface area (Å²) in [5.74, 6) is 0.920. The van der Waals surface area contributed by atoms with Gasteiger partial charge in [-0.1, -0.05) is 12.8 Å². The minimum absolute atomic E-state index is 0.144. The van der Waals surface area contributed by atoms with Crippen molar-refractivity contribution in [1.82, 2.24) is 15.1 Å². The van der Waals surface area contributed by atoms with Crippen LogP contribution in [0.2, 0.25) is 0 Å². The maximum absolute atomic E-state index is 12.3. The van der Waals surface area contributed by atoms with Gasteiger partial charge < -0.3 is 14.5 Å². The van der Waals surface area contributed by atoms with Gasteiger partial charge in [-0.25, -0.2) is 4.79 Å². The Morgan fingerprint density at radius 3 is 2.60 bits per heavy atom. The summed E-state index contributed by atoms with van der Waals surface area (Å²) in [5.41, 5.74) is 1.21. The molecule has 30 heavy (non-hydrogen) atoms. The SMILES string of the molecule is CCOc1ccc2oc(=O)cc(CN3CCN(CC(=O)NC4CCCC4)CC3)c2c1. The highest BCUT2D eigenvalue weighted by molar-refractivity contribution is 5.81. The quantitative estimate of drug-likeness (QED) is 0.703. The van der Waals surface area contributed by atoms with Crippen molar-refractivity contribution in [2.45, 2.75) is 45.2 Å². The van der Waals surface area contributed by atoms with Crippen LogP contribution in [0, 0.1) is 0 Å². The summed E-state index contributed by atoms with van der Waals surface area (Å²) in [6.45, 7) is 7.12. The highest BCUT2D eigenvalue weighted by Crippen LogP contribution is 2.24. The Kier molecular flexibility index (Phi) is 6.69. The van der Waals surface area contributed by atoms with E-state index in [4.69, 9.17) is 9.15 Å². The van der Waals surface area contributed by atoms with Crippen molar-refractivity contribution in [3.8, 4) is 5.75 Å². The summed E-state index contributed by atoms with van der Waals surface area (Å²) in [7, 11) is 0. The molecule has 0 radical (unpaired) electrons. The number of hydrogen-bond donors (Lipinski definition) is 1.